The largest absolute Gasteiger partial charge is 0.383 e. The zero-order valence-electron chi connectivity index (χ0n) is 9.67. The van der Waals surface area contributed by atoms with Gasteiger partial charge in [0.05, 0.1) is 18.8 Å². The van der Waals surface area contributed by atoms with Gasteiger partial charge in [-0.3, -0.25) is 4.79 Å². The number of ether oxygens (including phenoxy) is 1. The highest BCUT2D eigenvalue weighted by molar-refractivity contribution is 5.57. The van der Waals surface area contributed by atoms with Crippen molar-refractivity contribution < 1.29 is 4.74 Å². The molecule has 17 heavy (non-hydrogen) atoms. The highest BCUT2D eigenvalue weighted by Crippen LogP contribution is 2.13. The minimum Gasteiger partial charge on any atom is -0.383 e. The van der Waals surface area contributed by atoms with Crippen LogP contribution in [0.2, 0.25) is 0 Å². The van der Waals surface area contributed by atoms with Gasteiger partial charge in [-0.15, -0.1) is 0 Å². The number of nitrogens with zero attached hydrogens (tertiary/aromatic N) is 2. The molecule has 0 N–H and O–H groups in total. The fraction of sp³-hybridized carbons (Fsp3) is 0.231. The molecule has 4 heteroatoms. The summed E-state index contributed by atoms with van der Waals surface area (Å²) in [6, 6.07) is 13.0. The molecule has 0 aliphatic carbocycles. The van der Waals surface area contributed by atoms with Crippen LogP contribution in [0.15, 0.2) is 47.3 Å². The van der Waals surface area contributed by atoms with Crippen LogP contribution in [0.4, 0.5) is 0 Å². The van der Waals surface area contributed by atoms with Crippen molar-refractivity contribution >= 4 is 0 Å². The van der Waals surface area contributed by atoms with Crippen molar-refractivity contribution in [1.29, 1.82) is 0 Å². The van der Waals surface area contributed by atoms with Gasteiger partial charge in [0.2, 0.25) is 0 Å². The summed E-state index contributed by atoms with van der Waals surface area (Å²) in [5.41, 5.74) is 1.68. The zero-order chi connectivity index (χ0) is 12.1. The van der Waals surface area contributed by atoms with Gasteiger partial charge in [0.1, 0.15) is 0 Å². The summed E-state index contributed by atoms with van der Waals surface area (Å²) < 4.78 is 6.37. The second-order valence-corrected chi connectivity index (χ2v) is 3.64. The highest BCUT2D eigenvalue weighted by Gasteiger charge is 2.02. The minimum absolute atomic E-state index is 0.110. The van der Waals surface area contributed by atoms with E-state index in [9.17, 15) is 4.79 Å². The summed E-state index contributed by atoms with van der Waals surface area (Å²) in [6.45, 7) is 0.946. The number of hydrogen-bond acceptors (Lipinski definition) is 3. The van der Waals surface area contributed by atoms with Gasteiger partial charge in [0, 0.05) is 18.7 Å². The van der Waals surface area contributed by atoms with Gasteiger partial charge in [-0.05, 0) is 6.07 Å². The molecule has 0 aliphatic heterocycles. The Labute approximate surface area is 99.5 Å². The van der Waals surface area contributed by atoms with Crippen LogP contribution < -0.4 is 5.56 Å². The molecule has 1 aromatic carbocycles. The van der Waals surface area contributed by atoms with Crippen molar-refractivity contribution in [3.05, 3.63) is 52.8 Å². The van der Waals surface area contributed by atoms with Crippen molar-refractivity contribution in [1.82, 2.24) is 9.78 Å². The van der Waals surface area contributed by atoms with Crippen molar-refractivity contribution in [2.24, 2.45) is 0 Å². The van der Waals surface area contributed by atoms with E-state index in [1.54, 1.807) is 13.2 Å². The molecule has 0 saturated heterocycles. The van der Waals surface area contributed by atoms with E-state index in [0.29, 0.717) is 13.2 Å². The first kappa shape index (κ1) is 11.5. The van der Waals surface area contributed by atoms with Gasteiger partial charge in [0.15, 0.2) is 0 Å². The van der Waals surface area contributed by atoms with Gasteiger partial charge in [0.25, 0.3) is 5.56 Å². The Morgan fingerprint density at radius 1 is 1.18 bits per heavy atom. The van der Waals surface area contributed by atoms with Crippen LogP contribution in [0.3, 0.4) is 0 Å². The maximum atomic E-state index is 11.6. The first-order chi connectivity index (χ1) is 8.31. The molecule has 1 heterocycles. The highest BCUT2D eigenvalue weighted by atomic mass is 16.5. The monoisotopic (exact) mass is 230 g/mol. The minimum atomic E-state index is -0.110. The summed E-state index contributed by atoms with van der Waals surface area (Å²) in [5.74, 6) is 0. The van der Waals surface area contributed by atoms with E-state index in [0.717, 1.165) is 11.3 Å². The molecule has 0 radical (unpaired) electrons. The molecule has 0 aliphatic rings. The molecule has 0 amide bonds. The molecule has 0 spiro atoms. The second-order valence-electron chi connectivity index (χ2n) is 3.64. The quantitative estimate of drug-likeness (QED) is 0.800. The topological polar surface area (TPSA) is 44.1 Å². The molecule has 0 atom stereocenters. The van der Waals surface area contributed by atoms with Gasteiger partial charge >= 0.3 is 0 Å². The molecule has 0 unspecified atom stereocenters. The van der Waals surface area contributed by atoms with E-state index in [1.807, 2.05) is 30.3 Å². The van der Waals surface area contributed by atoms with Crippen LogP contribution in [0.5, 0.6) is 0 Å². The van der Waals surface area contributed by atoms with Crippen LogP contribution in [0, 0.1) is 0 Å². The molecule has 2 rings (SSSR count). The Morgan fingerprint density at radius 3 is 2.65 bits per heavy atom. The number of hydrogen-bond donors (Lipinski definition) is 0. The lowest BCUT2D eigenvalue weighted by Gasteiger charge is -2.06. The Hall–Kier alpha value is -1.94. The third-order valence-corrected chi connectivity index (χ3v) is 2.44. The van der Waals surface area contributed by atoms with Crippen LogP contribution >= 0.6 is 0 Å². The first-order valence-electron chi connectivity index (χ1n) is 5.44. The normalized spacial score (nSPS) is 10.4. The fourth-order valence-corrected chi connectivity index (χ4v) is 1.55. The van der Waals surface area contributed by atoms with Crippen LogP contribution in [0.25, 0.3) is 11.3 Å². The van der Waals surface area contributed by atoms with Crippen molar-refractivity contribution in [2.45, 2.75) is 6.54 Å². The fourth-order valence-electron chi connectivity index (χ4n) is 1.55. The number of benzene rings is 1. The lowest BCUT2D eigenvalue weighted by molar-refractivity contribution is 0.182. The molecule has 0 fully saturated rings. The SMILES string of the molecule is COCCn1nc(-c2ccccc2)ccc1=O. The number of rotatable bonds is 4. The molecule has 0 saturated carbocycles. The molecular formula is C13H14N2O2. The van der Waals surface area contributed by atoms with E-state index in [1.165, 1.54) is 10.7 Å². The lowest BCUT2D eigenvalue weighted by atomic mass is 10.1. The molecule has 4 nitrogen and oxygen atoms in total. The average molecular weight is 230 g/mol. The maximum absolute atomic E-state index is 11.6. The van der Waals surface area contributed by atoms with Gasteiger partial charge in [-0.1, -0.05) is 30.3 Å². The number of aromatic nitrogens is 2. The average Bonchev–Trinajstić information content (AvgIpc) is 2.39. The second kappa shape index (κ2) is 5.41. The Bertz CT molecular complexity index is 535. The summed E-state index contributed by atoms with van der Waals surface area (Å²) >= 11 is 0. The van der Waals surface area contributed by atoms with Crippen LogP contribution in [0.1, 0.15) is 0 Å². The van der Waals surface area contributed by atoms with Crippen LogP contribution in [-0.2, 0) is 11.3 Å². The summed E-state index contributed by atoms with van der Waals surface area (Å²) in [7, 11) is 1.60. The van der Waals surface area contributed by atoms with Gasteiger partial charge in [-0.2, -0.15) is 5.10 Å². The predicted molar refractivity (Wildman–Crippen MR) is 65.8 cm³/mol. The van der Waals surface area contributed by atoms with Crippen molar-refractivity contribution in [3.8, 4) is 11.3 Å². The lowest BCUT2D eigenvalue weighted by Crippen LogP contribution is -2.24. The van der Waals surface area contributed by atoms with Crippen molar-refractivity contribution in [3.63, 3.8) is 0 Å². The van der Waals surface area contributed by atoms with E-state index >= 15 is 0 Å². The third kappa shape index (κ3) is 2.79. The third-order valence-electron chi connectivity index (χ3n) is 2.44. The molecule has 88 valence electrons. The number of methoxy groups -OCH3 is 1. The van der Waals surface area contributed by atoms with Gasteiger partial charge < -0.3 is 4.74 Å². The molecule has 1 aromatic heterocycles. The van der Waals surface area contributed by atoms with E-state index in [-0.39, 0.29) is 5.56 Å². The standard InChI is InChI=1S/C13H14N2O2/c1-17-10-9-15-13(16)8-7-12(14-15)11-5-3-2-4-6-11/h2-8H,9-10H2,1H3. The molecule has 0 bridgehead atoms. The van der Waals surface area contributed by atoms with Crippen molar-refractivity contribution in [2.75, 3.05) is 13.7 Å². The van der Waals surface area contributed by atoms with E-state index in [2.05, 4.69) is 5.10 Å². The van der Waals surface area contributed by atoms with E-state index in [4.69, 9.17) is 4.74 Å². The zero-order valence-corrected chi connectivity index (χ0v) is 9.67. The first-order valence-corrected chi connectivity index (χ1v) is 5.44. The van der Waals surface area contributed by atoms with Gasteiger partial charge in [-0.25, -0.2) is 4.68 Å². The van der Waals surface area contributed by atoms with Crippen LogP contribution in [-0.4, -0.2) is 23.5 Å². The molecule has 2 aromatic rings. The maximum Gasteiger partial charge on any atom is 0.266 e. The Kier molecular flexibility index (Phi) is 3.67. The summed E-state index contributed by atoms with van der Waals surface area (Å²) in [4.78, 5) is 11.6. The summed E-state index contributed by atoms with van der Waals surface area (Å²) in [6.07, 6.45) is 0. The molecular weight excluding hydrogens is 216 g/mol. The Morgan fingerprint density at radius 2 is 1.94 bits per heavy atom. The van der Waals surface area contributed by atoms with E-state index < -0.39 is 0 Å². The smallest absolute Gasteiger partial charge is 0.266 e. The Balaban J connectivity index is 2.34. The summed E-state index contributed by atoms with van der Waals surface area (Å²) in [5, 5.41) is 4.30. The predicted octanol–water partition coefficient (Wildman–Crippen LogP) is 1.56.